The van der Waals surface area contributed by atoms with Gasteiger partial charge < -0.3 is 15.2 Å². The van der Waals surface area contributed by atoms with Gasteiger partial charge in [0.15, 0.2) is 0 Å². The molecule has 0 aromatic heterocycles. The third kappa shape index (κ3) is 2.72. The van der Waals surface area contributed by atoms with Crippen LogP contribution in [0.1, 0.15) is 18.1 Å². The highest BCUT2D eigenvalue weighted by atomic mass is 16.5. The molecule has 3 nitrogen and oxygen atoms in total. The molecule has 1 rings (SSSR count). The van der Waals surface area contributed by atoms with E-state index in [0.717, 1.165) is 17.9 Å². The van der Waals surface area contributed by atoms with Crippen LogP contribution in [-0.2, 0) is 0 Å². The zero-order valence-electron chi connectivity index (χ0n) is 8.66. The van der Waals surface area contributed by atoms with Crippen LogP contribution in [0.2, 0.25) is 0 Å². The second-order valence-corrected chi connectivity index (χ2v) is 3.15. The van der Waals surface area contributed by atoms with E-state index in [4.69, 9.17) is 4.74 Å². The van der Waals surface area contributed by atoms with Gasteiger partial charge in [-0.05, 0) is 26.1 Å². The molecule has 0 heterocycles. The van der Waals surface area contributed by atoms with Crippen LogP contribution in [0.5, 0.6) is 5.75 Å². The van der Waals surface area contributed by atoms with Gasteiger partial charge in [-0.3, -0.25) is 0 Å². The van der Waals surface area contributed by atoms with E-state index in [-0.39, 0.29) is 0 Å². The lowest BCUT2D eigenvalue weighted by Crippen LogP contribution is -2.12. The van der Waals surface area contributed by atoms with Crippen molar-refractivity contribution in [2.24, 2.45) is 0 Å². The maximum absolute atomic E-state index is 9.84. The molecule has 0 saturated heterocycles. The van der Waals surface area contributed by atoms with Gasteiger partial charge in [0.25, 0.3) is 0 Å². The van der Waals surface area contributed by atoms with Crippen LogP contribution < -0.4 is 10.1 Å². The molecule has 0 aliphatic carbocycles. The van der Waals surface area contributed by atoms with E-state index in [2.05, 4.69) is 5.32 Å². The van der Waals surface area contributed by atoms with Crippen LogP contribution in [-0.4, -0.2) is 25.8 Å². The van der Waals surface area contributed by atoms with E-state index < -0.39 is 6.10 Å². The number of aliphatic hydroxyl groups is 1. The molecule has 0 amide bonds. The molecule has 14 heavy (non-hydrogen) atoms. The molecule has 3 heteroatoms. The standard InChI is InChI=1S/C11H17NO2/c1-12-8-7-10(13)9-5-3-4-6-11(9)14-2/h3-6,10,12-13H,7-8H2,1-2H3. The third-order valence-corrected chi connectivity index (χ3v) is 2.17. The van der Waals surface area contributed by atoms with Crippen LogP contribution in [0.15, 0.2) is 24.3 Å². The van der Waals surface area contributed by atoms with Gasteiger partial charge in [0, 0.05) is 5.56 Å². The first-order valence-electron chi connectivity index (χ1n) is 4.75. The van der Waals surface area contributed by atoms with Crippen LogP contribution >= 0.6 is 0 Å². The highest BCUT2D eigenvalue weighted by molar-refractivity contribution is 5.34. The van der Waals surface area contributed by atoms with Gasteiger partial charge in [-0.2, -0.15) is 0 Å². The summed E-state index contributed by atoms with van der Waals surface area (Å²) in [6.45, 7) is 0.791. The summed E-state index contributed by atoms with van der Waals surface area (Å²) in [5, 5.41) is 12.8. The van der Waals surface area contributed by atoms with E-state index >= 15 is 0 Å². The van der Waals surface area contributed by atoms with Gasteiger partial charge in [-0.25, -0.2) is 0 Å². The summed E-state index contributed by atoms with van der Waals surface area (Å²) < 4.78 is 5.17. The van der Waals surface area contributed by atoms with Gasteiger partial charge in [-0.15, -0.1) is 0 Å². The van der Waals surface area contributed by atoms with Crippen molar-refractivity contribution in [2.45, 2.75) is 12.5 Å². The molecule has 1 aromatic carbocycles. The first kappa shape index (κ1) is 11.0. The summed E-state index contributed by atoms with van der Waals surface area (Å²) in [4.78, 5) is 0. The van der Waals surface area contributed by atoms with Crippen molar-refractivity contribution in [3.05, 3.63) is 29.8 Å². The molecule has 0 spiro atoms. The fourth-order valence-electron chi connectivity index (χ4n) is 1.38. The maximum atomic E-state index is 9.84. The minimum Gasteiger partial charge on any atom is -0.496 e. The first-order valence-corrected chi connectivity index (χ1v) is 4.75. The molecule has 0 bridgehead atoms. The quantitative estimate of drug-likeness (QED) is 0.745. The average molecular weight is 195 g/mol. The van der Waals surface area contributed by atoms with Crippen LogP contribution in [0, 0.1) is 0 Å². The largest absolute Gasteiger partial charge is 0.496 e. The number of rotatable bonds is 5. The van der Waals surface area contributed by atoms with Gasteiger partial charge >= 0.3 is 0 Å². The lowest BCUT2D eigenvalue weighted by molar-refractivity contribution is 0.163. The van der Waals surface area contributed by atoms with E-state index in [0.29, 0.717) is 6.42 Å². The monoisotopic (exact) mass is 195 g/mol. The van der Waals surface area contributed by atoms with Crippen LogP contribution in [0.25, 0.3) is 0 Å². The Morgan fingerprint density at radius 3 is 2.79 bits per heavy atom. The summed E-state index contributed by atoms with van der Waals surface area (Å²) in [6, 6.07) is 7.55. The van der Waals surface area contributed by atoms with Gasteiger partial charge in [-0.1, -0.05) is 18.2 Å². The Bertz CT molecular complexity index is 276. The molecule has 0 radical (unpaired) electrons. The van der Waals surface area contributed by atoms with E-state index in [1.807, 2.05) is 31.3 Å². The Hall–Kier alpha value is -1.06. The van der Waals surface area contributed by atoms with Crippen molar-refractivity contribution in [1.82, 2.24) is 5.32 Å². The summed E-state index contributed by atoms with van der Waals surface area (Å²) in [5.41, 5.74) is 0.852. The van der Waals surface area contributed by atoms with Gasteiger partial charge in [0.1, 0.15) is 5.75 Å². The molecule has 0 aliphatic heterocycles. The molecule has 0 fully saturated rings. The molecule has 1 unspecified atom stereocenters. The Labute approximate surface area is 84.7 Å². The second kappa shape index (κ2) is 5.62. The van der Waals surface area contributed by atoms with E-state index in [1.54, 1.807) is 7.11 Å². The molecule has 1 aromatic rings. The summed E-state index contributed by atoms with van der Waals surface area (Å²) >= 11 is 0. The molecule has 0 aliphatic rings. The van der Waals surface area contributed by atoms with Gasteiger partial charge in [0.05, 0.1) is 13.2 Å². The first-order chi connectivity index (χ1) is 6.79. The van der Waals surface area contributed by atoms with Crippen molar-refractivity contribution >= 4 is 0 Å². The predicted molar refractivity (Wildman–Crippen MR) is 56.5 cm³/mol. The van der Waals surface area contributed by atoms with Crippen molar-refractivity contribution in [2.75, 3.05) is 20.7 Å². The minimum absolute atomic E-state index is 0.460. The van der Waals surface area contributed by atoms with Crippen molar-refractivity contribution in [3.8, 4) is 5.75 Å². The highest BCUT2D eigenvalue weighted by Crippen LogP contribution is 2.26. The van der Waals surface area contributed by atoms with Crippen LogP contribution in [0.3, 0.4) is 0 Å². The lowest BCUT2D eigenvalue weighted by atomic mass is 10.1. The molecule has 2 N–H and O–H groups in total. The molecule has 78 valence electrons. The van der Waals surface area contributed by atoms with Crippen LogP contribution in [0.4, 0.5) is 0 Å². The topological polar surface area (TPSA) is 41.5 Å². The number of nitrogens with one attached hydrogen (secondary N) is 1. The highest BCUT2D eigenvalue weighted by Gasteiger charge is 2.11. The Morgan fingerprint density at radius 1 is 1.43 bits per heavy atom. The number of hydrogen-bond acceptors (Lipinski definition) is 3. The van der Waals surface area contributed by atoms with Gasteiger partial charge in [0.2, 0.25) is 0 Å². The van der Waals surface area contributed by atoms with Crippen molar-refractivity contribution < 1.29 is 9.84 Å². The SMILES string of the molecule is CNCCC(O)c1ccccc1OC. The smallest absolute Gasteiger partial charge is 0.124 e. The third-order valence-electron chi connectivity index (χ3n) is 2.17. The van der Waals surface area contributed by atoms with Crippen molar-refractivity contribution in [3.63, 3.8) is 0 Å². The predicted octanol–water partition coefficient (Wildman–Crippen LogP) is 1.34. The number of ether oxygens (including phenoxy) is 1. The van der Waals surface area contributed by atoms with E-state index in [9.17, 15) is 5.11 Å². The Morgan fingerprint density at radius 2 is 2.14 bits per heavy atom. The summed E-state index contributed by atoms with van der Waals surface area (Å²) in [5.74, 6) is 0.746. The molecular formula is C11H17NO2. The number of hydrogen-bond donors (Lipinski definition) is 2. The fraction of sp³-hybridized carbons (Fsp3) is 0.455. The number of benzene rings is 1. The molecule has 1 atom stereocenters. The second-order valence-electron chi connectivity index (χ2n) is 3.15. The summed E-state index contributed by atoms with van der Waals surface area (Å²) in [6.07, 6.45) is 0.232. The summed E-state index contributed by atoms with van der Waals surface area (Å²) in [7, 11) is 3.48. The zero-order chi connectivity index (χ0) is 10.4. The fourth-order valence-corrected chi connectivity index (χ4v) is 1.38. The number of para-hydroxylation sites is 1. The number of methoxy groups -OCH3 is 1. The normalized spacial score (nSPS) is 12.5. The Balaban J connectivity index is 2.72. The average Bonchev–Trinajstić information content (AvgIpc) is 2.25. The Kier molecular flexibility index (Phi) is 4.43. The van der Waals surface area contributed by atoms with E-state index in [1.165, 1.54) is 0 Å². The lowest BCUT2D eigenvalue weighted by Gasteiger charge is -2.14. The molecule has 0 saturated carbocycles. The zero-order valence-corrected chi connectivity index (χ0v) is 8.66. The van der Waals surface area contributed by atoms with Crippen molar-refractivity contribution in [1.29, 1.82) is 0 Å². The molecular weight excluding hydrogens is 178 g/mol. The maximum Gasteiger partial charge on any atom is 0.124 e. The number of aliphatic hydroxyl groups excluding tert-OH is 1. The minimum atomic E-state index is -0.460.